The summed E-state index contributed by atoms with van der Waals surface area (Å²) >= 11 is 0. The topological polar surface area (TPSA) is 35.2 Å². The quantitative estimate of drug-likeness (QED) is 0.818. The lowest BCUT2D eigenvalue weighted by molar-refractivity contribution is 0.0842. The highest BCUT2D eigenvalue weighted by Crippen LogP contribution is 2.24. The molecule has 1 aromatic carbocycles. The second-order valence-corrected chi connectivity index (χ2v) is 4.36. The molecule has 2 nitrogen and oxygen atoms in total. The highest BCUT2D eigenvalue weighted by molar-refractivity contribution is 5.13. The Morgan fingerprint density at radius 1 is 1.20 bits per heavy atom. The molecule has 0 aromatic heterocycles. The zero-order valence-electron chi connectivity index (χ0n) is 9.06. The number of ether oxygens (including phenoxy) is 1. The van der Waals surface area contributed by atoms with E-state index >= 15 is 0 Å². The molecule has 1 fully saturated rings. The van der Waals surface area contributed by atoms with Crippen LogP contribution in [0.3, 0.4) is 0 Å². The van der Waals surface area contributed by atoms with Crippen LogP contribution < -0.4 is 5.73 Å². The number of nitrogens with two attached hydrogens (primary N) is 1. The van der Waals surface area contributed by atoms with E-state index < -0.39 is 0 Å². The van der Waals surface area contributed by atoms with Crippen LogP contribution in [-0.2, 0) is 11.3 Å². The highest BCUT2D eigenvalue weighted by Gasteiger charge is 2.23. The molecule has 2 atom stereocenters. The van der Waals surface area contributed by atoms with Gasteiger partial charge in [0.05, 0.1) is 13.2 Å². The van der Waals surface area contributed by atoms with Gasteiger partial charge in [0.1, 0.15) is 0 Å². The minimum absolute atomic E-state index is 0.362. The molecule has 2 heteroatoms. The number of rotatable bonds is 4. The van der Waals surface area contributed by atoms with Gasteiger partial charge in [0.2, 0.25) is 0 Å². The van der Waals surface area contributed by atoms with Crippen molar-refractivity contribution < 1.29 is 4.74 Å². The van der Waals surface area contributed by atoms with Gasteiger partial charge >= 0.3 is 0 Å². The Kier molecular flexibility index (Phi) is 3.75. The fourth-order valence-electron chi connectivity index (χ4n) is 2.17. The van der Waals surface area contributed by atoms with E-state index in [2.05, 4.69) is 12.1 Å². The van der Waals surface area contributed by atoms with E-state index in [0.29, 0.717) is 18.6 Å². The number of benzene rings is 1. The summed E-state index contributed by atoms with van der Waals surface area (Å²) in [6, 6.07) is 10.7. The summed E-state index contributed by atoms with van der Waals surface area (Å²) < 4.78 is 5.69. The minimum atomic E-state index is 0.362. The Morgan fingerprint density at radius 3 is 2.67 bits per heavy atom. The molecule has 0 unspecified atom stereocenters. The molecule has 0 saturated heterocycles. The fourth-order valence-corrected chi connectivity index (χ4v) is 2.17. The van der Waals surface area contributed by atoms with Gasteiger partial charge in [0, 0.05) is 6.04 Å². The predicted octanol–water partition coefficient (Wildman–Crippen LogP) is 2.33. The molecule has 0 heterocycles. The number of hydrogen-bond donors (Lipinski definition) is 1. The zero-order chi connectivity index (χ0) is 10.5. The van der Waals surface area contributed by atoms with Gasteiger partial charge in [-0.05, 0) is 24.3 Å². The van der Waals surface area contributed by atoms with Crippen LogP contribution in [0.4, 0.5) is 0 Å². The molecule has 0 aliphatic heterocycles. The van der Waals surface area contributed by atoms with Crippen LogP contribution >= 0.6 is 0 Å². The van der Waals surface area contributed by atoms with Gasteiger partial charge < -0.3 is 10.5 Å². The lowest BCUT2D eigenvalue weighted by Crippen LogP contribution is -2.27. The summed E-state index contributed by atoms with van der Waals surface area (Å²) in [5.74, 6) is 0.578. The number of hydrogen-bond acceptors (Lipinski definition) is 2. The van der Waals surface area contributed by atoms with Crippen molar-refractivity contribution in [2.75, 3.05) is 6.61 Å². The van der Waals surface area contributed by atoms with Crippen molar-refractivity contribution >= 4 is 0 Å². The SMILES string of the molecule is N[C@@H]1CCC[C@H]1COCc1ccccc1. The van der Waals surface area contributed by atoms with Gasteiger partial charge in [0.15, 0.2) is 0 Å². The molecule has 82 valence electrons. The second kappa shape index (κ2) is 5.29. The predicted molar refractivity (Wildman–Crippen MR) is 61.4 cm³/mol. The first kappa shape index (κ1) is 10.7. The standard InChI is InChI=1S/C13H19NO/c14-13-8-4-7-12(13)10-15-9-11-5-2-1-3-6-11/h1-3,5-6,12-13H,4,7-10,14H2/t12-,13+/m0/s1. The Hall–Kier alpha value is -0.860. The molecular formula is C13H19NO. The summed E-state index contributed by atoms with van der Waals surface area (Å²) in [4.78, 5) is 0. The first-order valence-corrected chi connectivity index (χ1v) is 5.73. The average molecular weight is 205 g/mol. The molecule has 2 N–H and O–H groups in total. The van der Waals surface area contributed by atoms with Crippen molar-refractivity contribution in [3.05, 3.63) is 35.9 Å². The summed E-state index contributed by atoms with van der Waals surface area (Å²) in [7, 11) is 0. The van der Waals surface area contributed by atoms with Gasteiger partial charge in [-0.15, -0.1) is 0 Å². The monoisotopic (exact) mass is 205 g/mol. The maximum Gasteiger partial charge on any atom is 0.0717 e. The first-order valence-electron chi connectivity index (χ1n) is 5.73. The molecule has 0 spiro atoms. The van der Waals surface area contributed by atoms with Crippen LogP contribution in [0.2, 0.25) is 0 Å². The van der Waals surface area contributed by atoms with Crippen LogP contribution in [0.25, 0.3) is 0 Å². The Bertz CT molecular complexity index is 286. The molecule has 1 saturated carbocycles. The Labute approximate surface area is 91.4 Å². The van der Waals surface area contributed by atoms with Crippen LogP contribution in [0.1, 0.15) is 24.8 Å². The van der Waals surface area contributed by atoms with Gasteiger partial charge in [-0.1, -0.05) is 36.8 Å². The third-order valence-corrected chi connectivity index (χ3v) is 3.16. The molecule has 2 rings (SSSR count). The van der Waals surface area contributed by atoms with Crippen molar-refractivity contribution in [1.29, 1.82) is 0 Å². The van der Waals surface area contributed by atoms with E-state index in [9.17, 15) is 0 Å². The largest absolute Gasteiger partial charge is 0.376 e. The molecular weight excluding hydrogens is 186 g/mol. The lowest BCUT2D eigenvalue weighted by atomic mass is 10.1. The van der Waals surface area contributed by atoms with Gasteiger partial charge in [-0.3, -0.25) is 0 Å². The van der Waals surface area contributed by atoms with E-state index in [-0.39, 0.29) is 0 Å². The van der Waals surface area contributed by atoms with Crippen LogP contribution in [-0.4, -0.2) is 12.6 Å². The van der Waals surface area contributed by atoms with Crippen LogP contribution in [0.15, 0.2) is 30.3 Å². The van der Waals surface area contributed by atoms with Crippen LogP contribution in [0, 0.1) is 5.92 Å². The van der Waals surface area contributed by atoms with Crippen LogP contribution in [0.5, 0.6) is 0 Å². The molecule has 1 aliphatic rings. The Balaban J connectivity index is 1.71. The molecule has 0 amide bonds. The lowest BCUT2D eigenvalue weighted by Gasteiger charge is -2.15. The van der Waals surface area contributed by atoms with Gasteiger partial charge in [-0.2, -0.15) is 0 Å². The summed E-state index contributed by atoms with van der Waals surface area (Å²) in [6.45, 7) is 1.53. The minimum Gasteiger partial charge on any atom is -0.376 e. The van der Waals surface area contributed by atoms with Crippen molar-refractivity contribution in [2.45, 2.75) is 31.9 Å². The highest BCUT2D eigenvalue weighted by atomic mass is 16.5. The van der Waals surface area contributed by atoms with Gasteiger partial charge in [0.25, 0.3) is 0 Å². The summed E-state index contributed by atoms with van der Waals surface area (Å²) in [5.41, 5.74) is 7.22. The normalized spacial score (nSPS) is 25.7. The van der Waals surface area contributed by atoms with E-state index in [4.69, 9.17) is 10.5 Å². The summed E-state index contributed by atoms with van der Waals surface area (Å²) in [6.07, 6.45) is 3.66. The Morgan fingerprint density at radius 2 is 2.00 bits per heavy atom. The second-order valence-electron chi connectivity index (χ2n) is 4.36. The molecule has 1 aromatic rings. The zero-order valence-corrected chi connectivity index (χ0v) is 9.06. The van der Waals surface area contributed by atoms with Crippen molar-refractivity contribution in [2.24, 2.45) is 11.7 Å². The molecule has 15 heavy (non-hydrogen) atoms. The fraction of sp³-hybridized carbons (Fsp3) is 0.538. The van der Waals surface area contributed by atoms with E-state index in [0.717, 1.165) is 6.61 Å². The molecule has 0 radical (unpaired) electrons. The van der Waals surface area contributed by atoms with Crippen molar-refractivity contribution in [1.82, 2.24) is 0 Å². The van der Waals surface area contributed by atoms with Gasteiger partial charge in [-0.25, -0.2) is 0 Å². The first-order chi connectivity index (χ1) is 7.36. The van der Waals surface area contributed by atoms with E-state index in [1.54, 1.807) is 0 Å². The average Bonchev–Trinajstić information content (AvgIpc) is 2.66. The molecule has 0 bridgehead atoms. The smallest absolute Gasteiger partial charge is 0.0717 e. The summed E-state index contributed by atoms with van der Waals surface area (Å²) in [5, 5.41) is 0. The third kappa shape index (κ3) is 3.05. The molecule has 1 aliphatic carbocycles. The third-order valence-electron chi connectivity index (χ3n) is 3.16. The van der Waals surface area contributed by atoms with E-state index in [1.807, 2.05) is 18.2 Å². The van der Waals surface area contributed by atoms with E-state index in [1.165, 1.54) is 24.8 Å². The van der Waals surface area contributed by atoms with Crippen molar-refractivity contribution in [3.63, 3.8) is 0 Å². The maximum absolute atomic E-state index is 5.98. The maximum atomic E-state index is 5.98. The van der Waals surface area contributed by atoms with Crippen molar-refractivity contribution in [3.8, 4) is 0 Å².